The third-order valence-corrected chi connectivity index (χ3v) is 8.67. The minimum Gasteiger partial charge on any atom is -0.454 e. The number of ketones is 2. The number of ether oxygens (including phenoxy) is 6. The molecule has 4 aromatic rings. The molecule has 0 saturated carbocycles. The first kappa shape index (κ1) is 37.3. The molecule has 12 heteroatoms. The van der Waals surface area contributed by atoms with E-state index in [2.05, 4.69) is 13.2 Å². The average Bonchev–Trinajstić information content (AvgIpc) is 3.79. The van der Waals surface area contributed by atoms with Gasteiger partial charge < -0.3 is 28.4 Å². The van der Waals surface area contributed by atoms with Gasteiger partial charge in [0.05, 0.1) is 24.3 Å². The van der Waals surface area contributed by atoms with Gasteiger partial charge in [-0.1, -0.05) is 49.6 Å². The third-order valence-electron chi connectivity index (χ3n) is 8.67. The Morgan fingerprint density at radius 1 is 0.574 bits per heavy atom. The summed E-state index contributed by atoms with van der Waals surface area (Å²) in [5.74, 6) is -3.24. The van der Waals surface area contributed by atoms with Crippen LogP contribution in [-0.2, 0) is 47.6 Å². The van der Waals surface area contributed by atoms with Crippen molar-refractivity contribution in [3.63, 3.8) is 0 Å². The van der Waals surface area contributed by atoms with Crippen molar-refractivity contribution < 1.29 is 57.2 Å². The Labute approximate surface area is 309 Å². The molecule has 0 bridgehead atoms. The van der Waals surface area contributed by atoms with Gasteiger partial charge in [-0.3, -0.25) is 9.59 Å². The van der Waals surface area contributed by atoms with Crippen LogP contribution in [0, 0.1) is 0 Å². The molecule has 4 aromatic carbocycles. The Bertz CT molecular complexity index is 2070. The summed E-state index contributed by atoms with van der Waals surface area (Å²) in [6, 6.07) is 21.0. The summed E-state index contributed by atoms with van der Waals surface area (Å²) in [5.41, 5.74) is 2.08. The fourth-order valence-electron chi connectivity index (χ4n) is 5.86. The molecule has 2 saturated heterocycles. The molecule has 12 nitrogen and oxygen atoms in total. The van der Waals surface area contributed by atoms with Gasteiger partial charge in [0.15, 0.2) is 37.0 Å². The van der Waals surface area contributed by atoms with Crippen LogP contribution in [0.2, 0.25) is 0 Å². The summed E-state index contributed by atoms with van der Waals surface area (Å²) in [4.78, 5) is 72.5. The fourth-order valence-corrected chi connectivity index (χ4v) is 5.86. The van der Waals surface area contributed by atoms with Crippen molar-refractivity contribution in [3.05, 3.63) is 133 Å². The largest absolute Gasteiger partial charge is 0.454 e. The molecule has 0 aliphatic carbocycles. The van der Waals surface area contributed by atoms with Gasteiger partial charge in [0.25, 0.3) is 0 Å². The van der Waals surface area contributed by atoms with E-state index >= 15 is 0 Å². The second-order valence-electron chi connectivity index (χ2n) is 12.3. The quantitative estimate of drug-likeness (QED) is 0.0955. The standard InChI is InChI=1S/C42H34O12/c1-3-33(43)21-49-37(45)15-7-25-5-9-29-19-31(13-11-27(29)17-25)41(47)53-35-23-51-40-36(24-52-39(35)40)54-42(48)32-14-12-28-18-26(6-10-30(28)20-32)8-16-38(46)50-22-34(44)4-2/h3-20,35-36,39-40H,1-2,21-24H2/b15-7+,16-8+/t35-,36+,39?,40?. The Hall–Kier alpha value is -6.50. The molecule has 6 rings (SSSR count). The van der Waals surface area contributed by atoms with E-state index in [1.165, 1.54) is 12.2 Å². The normalized spacial score (nSPS) is 19.0. The van der Waals surface area contributed by atoms with E-state index in [9.17, 15) is 28.8 Å². The van der Waals surface area contributed by atoms with Crippen LogP contribution in [0.5, 0.6) is 0 Å². The predicted octanol–water partition coefficient (Wildman–Crippen LogP) is 5.16. The lowest BCUT2D eigenvalue weighted by atomic mass is 10.0. The van der Waals surface area contributed by atoms with Gasteiger partial charge >= 0.3 is 23.9 Å². The van der Waals surface area contributed by atoms with E-state index in [1.54, 1.807) is 72.8 Å². The molecule has 0 amide bonds. The summed E-state index contributed by atoms with van der Waals surface area (Å²) in [6.45, 7) is 6.05. The molecule has 2 aliphatic heterocycles. The first-order valence-corrected chi connectivity index (χ1v) is 16.8. The van der Waals surface area contributed by atoms with Gasteiger partial charge in [0.1, 0.15) is 12.2 Å². The second kappa shape index (κ2) is 16.9. The zero-order chi connectivity index (χ0) is 38.2. The maximum atomic E-state index is 13.2. The van der Waals surface area contributed by atoms with E-state index in [4.69, 9.17) is 28.4 Å². The molecule has 0 radical (unpaired) electrons. The van der Waals surface area contributed by atoms with Gasteiger partial charge in [-0.05, 0) is 93.4 Å². The molecular weight excluding hydrogens is 696 g/mol. The number of carbonyl (C=O) groups is 6. The van der Waals surface area contributed by atoms with Crippen molar-refractivity contribution in [2.24, 2.45) is 0 Å². The lowest BCUT2D eigenvalue weighted by Crippen LogP contribution is -2.36. The van der Waals surface area contributed by atoms with Crippen LogP contribution >= 0.6 is 0 Å². The highest BCUT2D eigenvalue weighted by atomic mass is 16.7. The van der Waals surface area contributed by atoms with Crippen LogP contribution in [-0.4, -0.2) is 86.3 Å². The molecular formula is C42H34O12. The van der Waals surface area contributed by atoms with E-state index in [-0.39, 0.29) is 26.4 Å². The molecule has 4 atom stereocenters. The molecule has 0 N–H and O–H groups in total. The highest BCUT2D eigenvalue weighted by Crippen LogP contribution is 2.32. The van der Waals surface area contributed by atoms with Crippen molar-refractivity contribution in [1.82, 2.24) is 0 Å². The van der Waals surface area contributed by atoms with Crippen LogP contribution in [0.15, 0.2) is 110 Å². The van der Waals surface area contributed by atoms with Crippen LogP contribution in [0.25, 0.3) is 33.7 Å². The summed E-state index contributed by atoms with van der Waals surface area (Å²) in [7, 11) is 0. The SMILES string of the molecule is C=CC(=O)COC(=O)/C=C/c1ccc2cc(C(=O)O[C@H]3COC4C3OC[C@H]4OC(=O)c3ccc4cc(/C=C/C(=O)OCC(=O)C=C)ccc4c3)ccc2c1. The summed E-state index contributed by atoms with van der Waals surface area (Å²) in [6.07, 6.45) is 5.07. The Morgan fingerprint density at radius 3 is 1.37 bits per heavy atom. The monoisotopic (exact) mass is 730 g/mol. The number of fused-ring (bicyclic) bond motifs is 3. The van der Waals surface area contributed by atoms with Crippen LogP contribution < -0.4 is 0 Å². The lowest BCUT2D eigenvalue weighted by Gasteiger charge is -2.17. The average molecular weight is 731 g/mol. The number of carbonyl (C=O) groups excluding carboxylic acids is 6. The second-order valence-corrected chi connectivity index (χ2v) is 12.3. The molecule has 2 unspecified atom stereocenters. The lowest BCUT2D eigenvalue weighted by molar-refractivity contribution is -0.142. The fraction of sp³-hybridized carbons (Fsp3) is 0.190. The van der Waals surface area contributed by atoms with Gasteiger partial charge in [-0.15, -0.1) is 0 Å². The molecule has 274 valence electrons. The Balaban J connectivity index is 1.01. The Morgan fingerprint density at radius 2 is 0.963 bits per heavy atom. The molecule has 2 fully saturated rings. The summed E-state index contributed by atoms with van der Waals surface area (Å²) >= 11 is 0. The number of esters is 4. The van der Waals surface area contributed by atoms with Crippen molar-refractivity contribution >= 4 is 69.1 Å². The van der Waals surface area contributed by atoms with Crippen molar-refractivity contribution in [2.75, 3.05) is 26.4 Å². The highest BCUT2D eigenvalue weighted by Gasteiger charge is 2.51. The number of hydrogen-bond acceptors (Lipinski definition) is 12. The minimum absolute atomic E-state index is 0.0695. The first-order chi connectivity index (χ1) is 26.1. The zero-order valence-corrected chi connectivity index (χ0v) is 28.8. The van der Waals surface area contributed by atoms with Crippen molar-refractivity contribution in [2.45, 2.75) is 24.4 Å². The topological polar surface area (TPSA) is 158 Å². The van der Waals surface area contributed by atoms with Gasteiger partial charge in [0, 0.05) is 12.2 Å². The molecule has 2 aliphatic rings. The predicted molar refractivity (Wildman–Crippen MR) is 196 cm³/mol. The number of rotatable bonds is 14. The van der Waals surface area contributed by atoms with Crippen LogP contribution in [0.4, 0.5) is 0 Å². The molecule has 2 heterocycles. The first-order valence-electron chi connectivity index (χ1n) is 16.8. The van der Waals surface area contributed by atoms with Gasteiger partial charge in [-0.25, -0.2) is 19.2 Å². The van der Waals surface area contributed by atoms with E-state index in [1.807, 2.05) is 12.1 Å². The van der Waals surface area contributed by atoms with Crippen molar-refractivity contribution in [3.8, 4) is 0 Å². The van der Waals surface area contributed by atoms with Crippen LogP contribution in [0.1, 0.15) is 31.8 Å². The number of benzene rings is 4. The summed E-state index contributed by atoms with van der Waals surface area (Å²) < 4.78 is 33.0. The summed E-state index contributed by atoms with van der Waals surface area (Å²) in [5, 5.41) is 3.18. The van der Waals surface area contributed by atoms with E-state index < -0.39 is 59.9 Å². The molecule has 0 spiro atoms. The van der Waals surface area contributed by atoms with Crippen LogP contribution in [0.3, 0.4) is 0 Å². The highest BCUT2D eigenvalue weighted by molar-refractivity contribution is 5.98. The number of hydrogen-bond donors (Lipinski definition) is 0. The maximum absolute atomic E-state index is 13.2. The molecule has 0 aromatic heterocycles. The Kier molecular flexibility index (Phi) is 11.7. The third kappa shape index (κ3) is 9.10. The zero-order valence-electron chi connectivity index (χ0n) is 28.8. The molecule has 54 heavy (non-hydrogen) atoms. The van der Waals surface area contributed by atoms with E-state index in [0.717, 1.165) is 33.7 Å². The van der Waals surface area contributed by atoms with E-state index in [0.29, 0.717) is 22.3 Å². The van der Waals surface area contributed by atoms with Gasteiger partial charge in [-0.2, -0.15) is 0 Å². The minimum atomic E-state index is -0.712. The smallest absolute Gasteiger partial charge is 0.338 e. The van der Waals surface area contributed by atoms with Gasteiger partial charge in [0.2, 0.25) is 0 Å². The maximum Gasteiger partial charge on any atom is 0.338 e. The van der Waals surface area contributed by atoms with Crippen molar-refractivity contribution in [1.29, 1.82) is 0 Å².